The molecule has 3 aromatic carbocycles. The highest BCUT2D eigenvalue weighted by atomic mass is 16.5. The zero-order valence-corrected chi connectivity index (χ0v) is 21.5. The lowest BCUT2D eigenvalue weighted by molar-refractivity contribution is 0.0323. The van der Waals surface area contributed by atoms with Crippen LogP contribution in [0.3, 0.4) is 0 Å². The van der Waals surface area contributed by atoms with Gasteiger partial charge in [-0.25, -0.2) is 0 Å². The Morgan fingerprint density at radius 2 is 1.61 bits per heavy atom. The maximum atomic E-state index is 9.36. The molecule has 0 fully saturated rings. The fourth-order valence-electron chi connectivity index (χ4n) is 4.50. The minimum atomic E-state index is -1.07. The summed E-state index contributed by atoms with van der Waals surface area (Å²) in [6, 6.07) is 27.4. The number of aromatic amines is 1. The third-order valence-electron chi connectivity index (χ3n) is 6.16. The fourth-order valence-corrected chi connectivity index (χ4v) is 4.50. The van der Waals surface area contributed by atoms with E-state index in [1.54, 1.807) is 11.6 Å². The molecule has 4 rings (SSSR count). The Hall–Kier alpha value is -3.22. The monoisotopic (exact) mass is 485 g/mol. The molecule has 0 saturated carbocycles. The summed E-state index contributed by atoms with van der Waals surface area (Å²) in [5.41, 5.74) is 8.98. The average Bonchev–Trinajstić information content (AvgIpc) is 3.33. The highest BCUT2D eigenvalue weighted by molar-refractivity contribution is 5.91. The fraction of sp³-hybridized carbons (Fsp3) is 0.290. The van der Waals surface area contributed by atoms with E-state index < -0.39 is 6.23 Å². The molecule has 5 nitrogen and oxygen atoms in total. The summed E-state index contributed by atoms with van der Waals surface area (Å²) in [5.74, 6) is 0.394. The van der Waals surface area contributed by atoms with Crippen molar-refractivity contribution in [3.63, 3.8) is 0 Å². The molecule has 0 bridgehead atoms. The maximum absolute atomic E-state index is 9.36. The number of aromatic nitrogens is 1. The normalized spacial score (nSPS) is 12.9. The lowest BCUT2D eigenvalue weighted by Gasteiger charge is -2.19. The predicted molar refractivity (Wildman–Crippen MR) is 151 cm³/mol. The van der Waals surface area contributed by atoms with Crippen LogP contribution in [0.4, 0.5) is 0 Å². The second kappa shape index (κ2) is 14.4. The van der Waals surface area contributed by atoms with Gasteiger partial charge in [-0.15, -0.1) is 0 Å². The zero-order valence-electron chi connectivity index (χ0n) is 21.5. The summed E-state index contributed by atoms with van der Waals surface area (Å²) in [5, 5.41) is 23.0. The molecular weight excluding hydrogens is 446 g/mol. The molecule has 4 aromatic rings. The Kier molecular flexibility index (Phi) is 10.9. The Bertz CT molecular complexity index is 1200. The minimum Gasteiger partial charge on any atom is -0.373 e. The van der Waals surface area contributed by atoms with Crippen LogP contribution in [-0.4, -0.2) is 28.1 Å². The summed E-state index contributed by atoms with van der Waals surface area (Å²) >= 11 is 0. The van der Waals surface area contributed by atoms with Gasteiger partial charge >= 0.3 is 0 Å². The molecule has 0 aliphatic rings. The second-order valence-electron chi connectivity index (χ2n) is 8.62. The lowest BCUT2D eigenvalue weighted by Crippen LogP contribution is -2.22. The van der Waals surface area contributed by atoms with E-state index in [0.29, 0.717) is 5.92 Å². The van der Waals surface area contributed by atoms with Crippen molar-refractivity contribution in [2.75, 3.05) is 6.54 Å². The van der Waals surface area contributed by atoms with E-state index in [1.165, 1.54) is 39.4 Å². The molecule has 0 radical (unpaired) electrons. The number of fused-ring (bicyclic) bond motifs is 1. The molecule has 36 heavy (non-hydrogen) atoms. The predicted octanol–water partition coefficient (Wildman–Crippen LogP) is 6.85. The van der Waals surface area contributed by atoms with Crippen LogP contribution >= 0.6 is 0 Å². The van der Waals surface area contributed by atoms with Crippen LogP contribution in [-0.2, 0) is 6.54 Å². The Morgan fingerprint density at radius 1 is 0.917 bits per heavy atom. The molecule has 0 aliphatic carbocycles. The third kappa shape index (κ3) is 7.15. The van der Waals surface area contributed by atoms with E-state index in [0.717, 1.165) is 31.5 Å². The Balaban J connectivity index is 0.00000176. The first kappa shape index (κ1) is 27.4. The standard InChI is InChI=1S/C29H33N3O2.C2H6/c1-2-8-24(20-30-19-22-15-13-21(14-16-22)17-18-27(33)32-34)28-25-11-6-7-12-26(25)31-29(28)23-9-4-3-5-10-23;1-2/h3-7,9-18,24,27,30-34H,2,8,19-20H2,1H3;1-2H3/b18-17+;. The van der Waals surface area contributed by atoms with Crippen LogP contribution in [0.25, 0.3) is 28.2 Å². The average molecular weight is 486 g/mol. The van der Waals surface area contributed by atoms with Crippen molar-refractivity contribution in [1.82, 2.24) is 15.8 Å². The van der Waals surface area contributed by atoms with Crippen LogP contribution < -0.4 is 10.8 Å². The van der Waals surface area contributed by atoms with Crippen LogP contribution in [0.5, 0.6) is 0 Å². The molecule has 5 N–H and O–H groups in total. The van der Waals surface area contributed by atoms with Crippen molar-refractivity contribution in [3.05, 3.63) is 102 Å². The number of nitrogens with one attached hydrogen (secondary N) is 3. The van der Waals surface area contributed by atoms with E-state index >= 15 is 0 Å². The van der Waals surface area contributed by atoms with Crippen LogP contribution in [0.15, 0.2) is 84.9 Å². The van der Waals surface area contributed by atoms with Crippen LogP contribution in [0, 0.1) is 0 Å². The quantitative estimate of drug-likeness (QED) is 0.119. The summed E-state index contributed by atoms with van der Waals surface area (Å²) in [4.78, 5) is 3.69. The number of benzene rings is 3. The molecule has 0 amide bonds. The van der Waals surface area contributed by atoms with Crippen molar-refractivity contribution in [3.8, 4) is 11.3 Å². The SMILES string of the molecule is CC.CCCC(CNCc1ccc(/C=C/C(O)NO)cc1)c1c(-c2ccccc2)[nH]c2ccccc12. The number of hydrogen-bond donors (Lipinski definition) is 5. The number of H-pyrrole nitrogens is 1. The smallest absolute Gasteiger partial charge is 0.146 e. The minimum absolute atomic E-state index is 0.394. The Labute approximate surface area is 214 Å². The molecule has 1 heterocycles. The van der Waals surface area contributed by atoms with Gasteiger partial charge < -0.3 is 20.6 Å². The van der Waals surface area contributed by atoms with Crippen LogP contribution in [0.1, 0.15) is 56.2 Å². The summed E-state index contributed by atoms with van der Waals surface area (Å²) in [6.07, 6.45) is 4.43. The number of aliphatic hydroxyl groups excluding tert-OH is 1. The van der Waals surface area contributed by atoms with Crippen LogP contribution in [0.2, 0.25) is 0 Å². The van der Waals surface area contributed by atoms with E-state index in [9.17, 15) is 5.11 Å². The highest BCUT2D eigenvalue weighted by Gasteiger charge is 2.21. The van der Waals surface area contributed by atoms with Gasteiger partial charge in [0.05, 0.1) is 5.69 Å². The topological polar surface area (TPSA) is 80.3 Å². The molecule has 2 atom stereocenters. The second-order valence-corrected chi connectivity index (χ2v) is 8.62. The number of aliphatic hydroxyl groups is 1. The molecule has 0 saturated heterocycles. The summed E-state index contributed by atoms with van der Waals surface area (Å²) < 4.78 is 0. The van der Waals surface area contributed by atoms with Gasteiger partial charge in [0.15, 0.2) is 0 Å². The molecule has 1 aromatic heterocycles. The van der Waals surface area contributed by atoms with Crippen molar-refractivity contribution in [1.29, 1.82) is 0 Å². The molecule has 190 valence electrons. The number of hydrogen-bond acceptors (Lipinski definition) is 4. The lowest BCUT2D eigenvalue weighted by atomic mass is 9.89. The van der Waals surface area contributed by atoms with Crippen molar-refractivity contribution < 1.29 is 10.3 Å². The van der Waals surface area contributed by atoms with Gasteiger partial charge in [-0.05, 0) is 46.7 Å². The first-order valence-corrected chi connectivity index (χ1v) is 12.9. The van der Waals surface area contributed by atoms with Gasteiger partial charge in [-0.3, -0.25) is 0 Å². The number of hydroxylamine groups is 1. The van der Waals surface area contributed by atoms with E-state index in [2.05, 4.69) is 84.0 Å². The van der Waals surface area contributed by atoms with Gasteiger partial charge in [-0.1, -0.05) is 106 Å². The molecular formula is C31H39N3O2. The molecule has 5 heteroatoms. The number of para-hydroxylation sites is 1. The third-order valence-corrected chi connectivity index (χ3v) is 6.16. The first-order chi connectivity index (χ1) is 17.7. The first-order valence-electron chi connectivity index (χ1n) is 12.9. The van der Waals surface area contributed by atoms with Gasteiger partial charge in [-0.2, -0.15) is 5.48 Å². The highest BCUT2D eigenvalue weighted by Crippen LogP contribution is 2.37. The van der Waals surface area contributed by atoms with E-state index in [-0.39, 0.29) is 0 Å². The van der Waals surface area contributed by atoms with Crippen molar-refractivity contribution >= 4 is 17.0 Å². The molecule has 0 aliphatic heterocycles. The van der Waals surface area contributed by atoms with Gasteiger partial charge in [0.2, 0.25) is 0 Å². The Morgan fingerprint density at radius 3 is 2.31 bits per heavy atom. The van der Waals surface area contributed by atoms with Gasteiger partial charge in [0.25, 0.3) is 0 Å². The van der Waals surface area contributed by atoms with Crippen molar-refractivity contribution in [2.45, 2.75) is 52.3 Å². The number of rotatable bonds is 11. The van der Waals surface area contributed by atoms with Crippen molar-refractivity contribution in [2.24, 2.45) is 0 Å². The zero-order chi connectivity index (χ0) is 25.8. The van der Waals surface area contributed by atoms with Gasteiger partial charge in [0.1, 0.15) is 6.23 Å². The van der Waals surface area contributed by atoms with Gasteiger partial charge in [0, 0.05) is 24.0 Å². The summed E-state index contributed by atoms with van der Waals surface area (Å²) in [6.45, 7) is 7.93. The molecule has 0 spiro atoms. The largest absolute Gasteiger partial charge is 0.373 e. The van der Waals surface area contributed by atoms with E-state index in [1.807, 2.05) is 26.0 Å². The maximum Gasteiger partial charge on any atom is 0.146 e. The summed E-state index contributed by atoms with van der Waals surface area (Å²) in [7, 11) is 0. The molecule has 2 unspecified atom stereocenters. The van der Waals surface area contributed by atoms with E-state index in [4.69, 9.17) is 5.21 Å².